The number of sulfonamides is 1. The highest BCUT2D eigenvalue weighted by atomic mass is 32.2. The van der Waals surface area contributed by atoms with Crippen LogP contribution in [0.5, 0.6) is 11.5 Å². The van der Waals surface area contributed by atoms with Gasteiger partial charge in [0.25, 0.3) is 0 Å². The SMILES string of the molecule is COc1ccc2c(c1)c(CNS(=O)(=O)c1cc(C)c(OC)cc1C)cn2C. The van der Waals surface area contributed by atoms with Gasteiger partial charge in [-0.15, -0.1) is 0 Å². The van der Waals surface area contributed by atoms with E-state index in [1.807, 2.05) is 42.9 Å². The van der Waals surface area contributed by atoms with E-state index in [9.17, 15) is 8.42 Å². The van der Waals surface area contributed by atoms with Crippen LogP contribution < -0.4 is 14.2 Å². The lowest BCUT2D eigenvalue weighted by Gasteiger charge is -2.12. The number of methoxy groups -OCH3 is 2. The van der Waals surface area contributed by atoms with Gasteiger partial charge in [-0.05, 0) is 60.9 Å². The van der Waals surface area contributed by atoms with Crippen molar-refractivity contribution in [1.29, 1.82) is 0 Å². The molecule has 6 nitrogen and oxygen atoms in total. The molecule has 0 aliphatic carbocycles. The summed E-state index contributed by atoms with van der Waals surface area (Å²) in [6, 6.07) is 9.15. The smallest absolute Gasteiger partial charge is 0.241 e. The maximum atomic E-state index is 12.9. The summed E-state index contributed by atoms with van der Waals surface area (Å²) in [6.07, 6.45) is 1.93. The molecule has 1 N–H and O–H groups in total. The third-order valence-electron chi connectivity index (χ3n) is 4.71. The lowest BCUT2D eigenvalue weighted by molar-refractivity contribution is 0.411. The van der Waals surface area contributed by atoms with Gasteiger partial charge in [0.1, 0.15) is 11.5 Å². The standard InChI is InChI=1S/C20H24N2O4S/c1-13-9-20(14(2)8-19(13)26-5)27(23,24)21-11-15-12-22(3)18-7-6-16(25-4)10-17(15)18/h6-10,12,21H,11H2,1-5H3. The number of aryl methyl sites for hydroxylation is 3. The zero-order chi connectivity index (χ0) is 19.8. The van der Waals surface area contributed by atoms with Crippen molar-refractivity contribution in [3.63, 3.8) is 0 Å². The number of benzene rings is 2. The number of hydrogen-bond donors (Lipinski definition) is 1. The molecule has 0 bridgehead atoms. The van der Waals surface area contributed by atoms with Gasteiger partial charge in [0.15, 0.2) is 0 Å². The van der Waals surface area contributed by atoms with Crippen LogP contribution in [0.4, 0.5) is 0 Å². The second-order valence-corrected chi connectivity index (χ2v) is 8.30. The average molecular weight is 388 g/mol. The van der Waals surface area contributed by atoms with Crippen LogP contribution in [0.1, 0.15) is 16.7 Å². The second-order valence-electron chi connectivity index (χ2n) is 6.56. The Morgan fingerprint density at radius 1 is 1.04 bits per heavy atom. The molecule has 3 aromatic rings. The van der Waals surface area contributed by atoms with Crippen molar-refractivity contribution in [3.05, 3.63) is 53.2 Å². The van der Waals surface area contributed by atoms with Gasteiger partial charge in [-0.1, -0.05) is 0 Å². The molecule has 0 fully saturated rings. The summed E-state index contributed by atoms with van der Waals surface area (Å²) < 4.78 is 41.0. The molecule has 0 saturated heterocycles. The fraction of sp³-hybridized carbons (Fsp3) is 0.300. The quantitative estimate of drug-likeness (QED) is 0.703. The Kier molecular flexibility index (Phi) is 5.17. The Hall–Kier alpha value is -2.51. The Morgan fingerprint density at radius 2 is 1.78 bits per heavy atom. The lowest BCUT2D eigenvalue weighted by Crippen LogP contribution is -2.24. The van der Waals surface area contributed by atoms with Crippen molar-refractivity contribution in [2.24, 2.45) is 7.05 Å². The number of aromatic nitrogens is 1. The van der Waals surface area contributed by atoms with E-state index in [0.717, 1.165) is 27.8 Å². The fourth-order valence-corrected chi connectivity index (χ4v) is 4.56. The van der Waals surface area contributed by atoms with Crippen LogP contribution in [-0.2, 0) is 23.6 Å². The molecule has 0 aliphatic heterocycles. The number of nitrogens with one attached hydrogen (secondary N) is 1. The molecule has 3 rings (SSSR count). The Balaban J connectivity index is 1.92. The summed E-state index contributed by atoms with van der Waals surface area (Å²) in [5.74, 6) is 1.41. The highest BCUT2D eigenvalue weighted by Crippen LogP contribution is 2.27. The van der Waals surface area contributed by atoms with Crippen molar-refractivity contribution in [2.75, 3.05) is 14.2 Å². The molecule has 144 valence electrons. The van der Waals surface area contributed by atoms with E-state index >= 15 is 0 Å². The molecule has 0 spiro atoms. The lowest BCUT2D eigenvalue weighted by atomic mass is 10.1. The third-order valence-corrected chi connectivity index (χ3v) is 6.26. The van der Waals surface area contributed by atoms with Crippen LogP contribution >= 0.6 is 0 Å². The second kappa shape index (κ2) is 7.25. The van der Waals surface area contributed by atoms with Crippen molar-refractivity contribution < 1.29 is 17.9 Å². The zero-order valence-electron chi connectivity index (χ0n) is 16.2. The summed E-state index contributed by atoms with van der Waals surface area (Å²) in [4.78, 5) is 0.263. The number of rotatable bonds is 6. The predicted molar refractivity (Wildman–Crippen MR) is 106 cm³/mol. The maximum absolute atomic E-state index is 12.9. The summed E-state index contributed by atoms with van der Waals surface area (Å²) in [7, 11) is 1.46. The fourth-order valence-electron chi connectivity index (χ4n) is 3.24. The summed E-state index contributed by atoms with van der Waals surface area (Å²) in [6.45, 7) is 3.78. The number of nitrogens with zero attached hydrogens (tertiary/aromatic N) is 1. The average Bonchev–Trinajstić information content (AvgIpc) is 2.96. The van der Waals surface area contributed by atoms with E-state index in [-0.39, 0.29) is 11.4 Å². The first kappa shape index (κ1) is 19.3. The zero-order valence-corrected chi connectivity index (χ0v) is 17.0. The van der Waals surface area contributed by atoms with Crippen molar-refractivity contribution in [2.45, 2.75) is 25.3 Å². The summed E-state index contributed by atoms with van der Waals surface area (Å²) in [5, 5.41) is 0.960. The predicted octanol–water partition coefficient (Wildman–Crippen LogP) is 3.29. The highest BCUT2D eigenvalue weighted by molar-refractivity contribution is 7.89. The van der Waals surface area contributed by atoms with E-state index in [1.165, 1.54) is 0 Å². The number of fused-ring (bicyclic) bond motifs is 1. The molecule has 0 radical (unpaired) electrons. The van der Waals surface area contributed by atoms with E-state index in [2.05, 4.69) is 4.72 Å². The summed E-state index contributed by atoms with van der Waals surface area (Å²) in [5.41, 5.74) is 3.32. The molecule has 0 saturated carbocycles. The molecule has 7 heteroatoms. The van der Waals surface area contributed by atoms with E-state index in [4.69, 9.17) is 9.47 Å². The van der Waals surface area contributed by atoms with Gasteiger partial charge in [0.05, 0.1) is 19.1 Å². The third kappa shape index (κ3) is 3.65. The van der Waals surface area contributed by atoms with E-state index < -0.39 is 10.0 Å². The Bertz CT molecular complexity index is 1100. The largest absolute Gasteiger partial charge is 0.497 e. The minimum atomic E-state index is -3.66. The van der Waals surface area contributed by atoms with E-state index in [1.54, 1.807) is 33.3 Å². The van der Waals surface area contributed by atoms with Crippen LogP contribution in [0.2, 0.25) is 0 Å². The Morgan fingerprint density at radius 3 is 2.44 bits per heavy atom. The number of ether oxygens (including phenoxy) is 2. The normalized spacial score (nSPS) is 11.7. The van der Waals surface area contributed by atoms with Crippen LogP contribution in [0.25, 0.3) is 10.9 Å². The minimum absolute atomic E-state index is 0.192. The molecule has 0 unspecified atom stereocenters. The first-order chi connectivity index (χ1) is 12.8. The topological polar surface area (TPSA) is 69.6 Å². The molecule has 0 atom stereocenters. The minimum Gasteiger partial charge on any atom is -0.497 e. The van der Waals surface area contributed by atoms with Crippen LogP contribution in [-0.4, -0.2) is 27.2 Å². The molecule has 1 heterocycles. The van der Waals surface area contributed by atoms with Crippen molar-refractivity contribution in [3.8, 4) is 11.5 Å². The monoisotopic (exact) mass is 388 g/mol. The maximum Gasteiger partial charge on any atom is 0.241 e. The van der Waals surface area contributed by atoms with Crippen molar-refractivity contribution >= 4 is 20.9 Å². The van der Waals surface area contributed by atoms with Crippen LogP contribution in [0.15, 0.2) is 41.4 Å². The molecular formula is C20H24N2O4S. The molecule has 0 amide bonds. The molecule has 2 aromatic carbocycles. The molecule has 27 heavy (non-hydrogen) atoms. The van der Waals surface area contributed by atoms with Gasteiger partial charge in [-0.3, -0.25) is 0 Å². The molecule has 0 aliphatic rings. The van der Waals surface area contributed by atoms with E-state index in [0.29, 0.717) is 11.3 Å². The van der Waals surface area contributed by atoms with Gasteiger partial charge < -0.3 is 14.0 Å². The highest BCUT2D eigenvalue weighted by Gasteiger charge is 2.19. The van der Waals surface area contributed by atoms with Crippen LogP contribution in [0, 0.1) is 13.8 Å². The number of hydrogen-bond acceptors (Lipinski definition) is 4. The van der Waals surface area contributed by atoms with Crippen molar-refractivity contribution in [1.82, 2.24) is 9.29 Å². The van der Waals surface area contributed by atoms with Gasteiger partial charge in [0, 0.05) is 30.7 Å². The van der Waals surface area contributed by atoms with Gasteiger partial charge >= 0.3 is 0 Å². The van der Waals surface area contributed by atoms with Gasteiger partial charge in [-0.25, -0.2) is 13.1 Å². The van der Waals surface area contributed by atoms with Gasteiger partial charge in [-0.2, -0.15) is 0 Å². The first-order valence-corrected chi connectivity index (χ1v) is 10.0. The molecular weight excluding hydrogens is 364 g/mol. The first-order valence-electron chi connectivity index (χ1n) is 8.53. The van der Waals surface area contributed by atoms with Gasteiger partial charge in [0.2, 0.25) is 10.0 Å². The Labute approximate surface area is 159 Å². The van der Waals surface area contributed by atoms with Crippen LogP contribution in [0.3, 0.4) is 0 Å². The summed E-state index contributed by atoms with van der Waals surface area (Å²) >= 11 is 0. The molecule has 1 aromatic heterocycles.